The second-order valence-electron chi connectivity index (χ2n) is 3.50. The number of halogens is 1. The summed E-state index contributed by atoms with van der Waals surface area (Å²) < 4.78 is 3.23. The Hall–Kier alpha value is -0.770. The molecule has 0 spiro atoms. The van der Waals surface area contributed by atoms with Crippen LogP contribution in [0.4, 0.5) is 0 Å². The predicted octanol–water partition coefficient (Wildman–Crippen LogP) is 3.81. The first-order valence-corrected chi connectivity index (χ1v) is 6.36. The minimum atomic E-state index is 0.709. The number of rotatable bonds is 3. The van der Waals surface area contributed by atoms with E-state index in [2.05, 4.69) is 28.8 Å². The maximum atomic E-state index is 6.10. The van der Waals surface area contributed by atoms with E-state index in [0.717, 1.165) is 23.0 Å². The van der Waals surface area contributed by atoms with Crippen LogP contribution < -0.4 is 4.72 Å². The Morgan fingerprint density at radius 1 is 1.38 bits per heavy atom. The van der Waals surface area contributed by atoms with Crippen LogP contribution in [-0.4, -0.2) is 11.5 Å². The van der Waals surface area contributed by atoms with Gasteiger partial charge in [0.25, 0.3) is 0 Å². The zero-order valence-electron chi connectivity index (χ0n) is 9.25. The fourth-order valence-corrected chi connectivity index (χ4v) is 2.38. The molecule has 1 heterocycles. The van der Waals surface area contributed by atoms with E-state index in [9.17, 15) is 0 Å². The molecule has 1 N–H and O–H groups in total. The van der Waals surface area contributed by atoms with E-state index < -0.39 is 0 Å². The third-order valence-electron chi connectivity index (χ3n) is 2.34. The van der Waals surface area contributed by atoms with Crippen LogP contribution in [0.5, 0.6) is 0 Å². The van der Waals surface area contributed by atoms with Gasteiger partial charge in [-0.2, -0.15) is 0 Å². The minimum absolute atomic E-state index is 0.709. The number of hydrogen-bond donors (Lipinski definition) is 1. The lowest BCUT2D eigenvalue weighted by Gasteiger charge is -2.06. The van der Waals surface area contributed by atoms with Crippen LogP contribution in [-0.2, 0) is 0 Å². The second kappa shape index (κ2) is 5.04. The number of benzene rings is 1. The number of nitrogens with zero attached hydrogens (tertiary/aromatic N) is 1. The van der Waals surface area contributed by atoms with E-state index in [1.165, 1.54) is 4.90 Å². The summed E-state index contributed by atoms with van der Waals surface area (Å²) in [5.41, 5.74) is 1.01. The molecular weight excluding hydrogens is 240 g/mol. The van der Waals surface area contributed by atoms with Gasteiger partial charge >= 0.3 is 0 Å². The summed E-state index contributed by atoms with van der Waals surface area (Å²) in [6, 6.07) is 6.24. The molecule has 0 atom stereocenters. The quantitative estimate of drug-likeness (QED) is 0.841. The van der Waals surface area contributed by atoms with E-state index in [1.54, 1.807) is 18.1 Å². The Kier molecular flexibility index (Phi) is 3.69. The van der Waals surface area contributed by atoms with Gasteiger partial charge in [0, 0.05) is 34.1 Å². The average molecular weight is 253 g/mol. The molecular formula is C12H13ClN2S. The van der Waals surface area contributed by atoms with Crippen molar-refractivity contribution in [2.75, 3.05) is 6.54 Å². The molecule has 4 heteroatoms. The van der Waals surface area contributed by atoms with Gasteiger partial charge in [-0.25, -0.2) is 0 Å². The van der Waals surface area contributed by atoms with E-state index in [1.807, 2.05) is 13.0 Å². The maximum Gasteiger partial charge on any atom is 0.0667 e. The number of aromatic nitrogens is 1. The number of hydrogen-bond acceptors (Lipinski definition) is 3. The molecule has 0 fully saturated rings. The maximum absolute atomic E-state index is 6.10. The van der Waals surface area contributed by atoms with Crippen LogP contribution >= 0.6 is 23.5 Å². The van der Waals surface area contributed by atoms with Crippen molar-refractivity contribution in [3.63, 3.8) is 0 Å². The van der Waals surface area contributed by atoms with Crippen molar-refractivity contribution in [1.82, 2.24) is 9.71 Å². The van der Waals surface area contributed by atoms with Crippen LogP contribution in [0.25, 0.3) is 10.8 Å². The number of fused-ring (bicyclic) bond motifs is 1. The first-order chi connectivity index (χ1) is 7.72. The molecule has 0 radical (unpaired) electrons. The summed E-state index contributed by atoms with van der Waals surface area (Å²) in [7, 11) is 0. The fraction of sp³-hybridized carbons (Fsp3) is 0.250. The van der Waals surface area contributed by atoms with Crippen LogP contribution in [0, 0.1) is 6.92 Å². The predicted molar refractivity (Wildman–Crippen MR) is 71.0 cm³/mol. The van der Waals surface area contributed by atoms with Gasteiger partial charge in [0.15, 0.2) is 0 Å². The molecule has 0 saturated heterocycles. The van der Waals surface area contributed by atoms with E-state index in [0.29, 0.717) is 5.02 Å². The third kappa shape index (κ3) is 2.32. The second-order valence-corrected chi connectivity index (χ2v) is 4.87. The summed E-state index contributed by atoms with van der Waals surface area (Å²) in [6.07, 6.45) is 1.70. The lowest BCUT2D eigenvalue weighted by molar-refractivity contribution is 1.03. The fourth-order valence-electron chi connectivity index (χ4n) is 1.54. The monoisotopic (exact) mass is 252 g/mol. The number of aryl methyl sites for hydroxylation is 1. The van der Waals surface area contributed by atoms with Gasteiger partial charge in [-0.1, -0.05) is 24.6 Å². The Balaban J connectivity index is 2.48. The molecule has 0 aliphatic heterocycles. The van der Waals surface area contributed by atoms with Crippen molar-refractivity contribution >= 4 is 34.3 Å². The average Bonchev–Trinajstić information content (AvgIpc) is 2.31. The molecule has 1 aromatic heterocycles. The molecule has 2 nitrogen and oxygen atoms in total. The zero-order valence-corrected chi connectivity index (χ0v) is 10.8. The summed E-state index contributed by atoms with van der Waals surface area (Å²) >= 11 is 7.73. The van der Waals surface area contributed by atoms with Gasteiger partial charge in [-0.15, -0.1) is 0 Å². The van der Waals surface area contributed by atoms with Crippen LogP contribution in [0.15, 0.2) is 29.3 Å². The molecule has 0 saturated carbocycles. The summed E-state index contributed by atoms with van der Waals surface area (Å²) in [5.74, 6) is 0. The number of pyridine rings is 1. The molecule has 84 valence electrons. The van der Waals surface area contributed by atoms with Gasteiger partial charge in [-0.3, -0.25) is 9.71 Å². The smallest absolute Gasteiger partial charge is 0.0667 e. The Labute approximate surface area is 105 Å². The van der Waals surface area contributed by atoms with Crippen molar-refractivity contribution < 1.29 is 0 Å². The molecule has 0 unspecified atom stereocenters. The molecule has 0 amide bonds. The molecule has 16 heavy (non-hydrogen) atoms. The standard InChI is InChI=1S/C12H13ClN2S/c1-3-15-16-9-4-5-10-11(6-9)8(2)14-7-12(10)13/h4-7,15H,3H2,1-2H3. The van der Waals surface area contributed by atoms with Crippen molar-refractivity contribution in [2.45, 2.75) is 18.7 Å². The summed E-state index contributed by atoms with van der Waals surface area (Å²) in [5, 5.41) is 2.89. The van der Waals surface area contributed by atoms with Crippen molar-refractivity contribution in [2.24, 2.45) is 0 Å². The highest BCUT2D eigenvalue weighted by Crippen LogP contribution is 2.28. The van der Waals surface area contributed by atoms with Gasteiger partial charge in [0.1, 0.15) is 0 Å². The SMILES string of the molecule is CCNSc1ccc2c(Cl)cnc(C)c2c1. The Bertz CT molecular complexity index is 514. The van der Waals surface area contributed by atoms with E-state index >= 15 is 0 Å². The molecule has 0 aliphatic carbocycles. The van der Waals surface area contributed by atoms with Crippen LogP contribution in [0.2, 0.25) is 5.02 Å². The normalized spacial score (nSPS) is 10.9. The lowest BCUT2D eigenvalue weighted by atomic mass is 10.1. The Morgan fingerprint density at radius 2 is 2.19 bits per heavy atom. The van der Waals surface area contributed by atoms with Gasteiger partial charge < -0.3 is 0 Å². The topological polar surface area (TPSA) is 24.9 Å². The van der Waals surface area contributed by atoms with Crippen LogP contribution in [0.1, 0.15) is 12.6 Å². The molecule has 2 rings (SSSR count). The summed E-state index contributed by atoms with van der Waals surface area (Å²) in [4.78, 5) is 5.45. The lowest BCUT2D eigenvalue weighted by Crippen LogP contribution is -1.99. The number of nitrogens with one attached hydrogen (secondary N) is 1. The molecule has 2 aromatic rings. The highest BCUT2D eigenvalue weighted by molar-refractivity contribution is 7.97. The first-order valence-electron chi connectivity index (χ1n) is 5.17. The molecule has 0 bridgehead atoms. The minimum Gasteiger partial charge on any atom is -0.260 e. The highest BCUT2D eigenvalue weighted by atomic mass is 35.5. The van der Waals surface area contributed by atoms with Gasteiger partial charge in [0.05, 0.1) is 5.02 Å². The first kappa shape index (κ1) is 11.7. The highest BCUT2D eigenvalue weighted by Gasteiger charge is 2.04. The van der Waals surface area contributed by atoms with Gasteiger partial charge in [0.2, 0.25) is 0 Å². The van der Waals surface area contributed by atoms with E-state index in [4.69, 9.17) is 11.6 Å². The molecule has 1 aromatic carbocycles. The summed E-state index contributed by atoms with van der Waals surface area (Å²) in [6.45, 7) is 5.02. The molecule has 0 aliphatic rings. The van der Waals surface area contributed by atoms with Crippen molar-refractivity contribution in [3.8, 4) is 0 Å². The van der Waals surface area contributed by atoms with E-state index in [-0.39, 0.29) is 0 Å². The van der Waals surface area contributed by atoms with Crippen molar-refractivity contribution in [3.05, 3.63) is 35.1 Å². The zero-order chi connectivity index (χ0) is 11.5. The third-order valence-corrected chi connectivity index (χ3v) is 3.57. The largest absolute Gasteiger partial charge is 0.260 e. The van der Waals surface area contributed by atoms with Crippen molar-refractivity contribution in [1.29, 1.82) is 0 Å². The Morgan fingerprint density at radius 3 is 2.94 bits per heavy atom. The van der Waals surface area contributed by atoms with Crippen LogP contribution in [0.3, 0.4) is 0 Å². The van der Waals surface area contributed by atoms with Gasteiger partial charge in [-0.05, 0) is 31.0 Å².